The van der Waals surface area contributed by atoms with Gasteiger partial charge in [-0.1, -0.05) is 0 Å². The van der Waals surface area contributed by atoms with Crippen LogP contribution in [0, 0.1) is 27.7 Å². The van der Waals surface area contributed by atoms with E-state index in [0.717, 1.165) is 11.4 Å². The SMILES string of the molecule is Cc1cc(C)n(CCNC(=O)CCn2c(C)cc(C)nc2=O)c(=O)n1. The van der Waals surface area contributed by atoms with E-state index in [1.807, 2.05) is 19.9 Å². The van der Waals surface area contributed by atoms with E-state index in [4.69, 9.17) is 0 Å². The van der Waals surface area contributed by atoms with Crippen molar-refractivity contribution in [2.45, 2.75) is 47.2 Å². The zero-order valence-corrected chi connectivity index (χ0v) is 15.0. The summed E-state index contributed by atoms with van der Waals surface area (Å²) in [5, 5.41) is 2.76. The topological polar surface area (TPSA) is 98.9 Å². The Labute approximate surface area is 145 Å². The monoisotopic (exact) mass is 345 g/mol. The predicted molar refractivity (Wildman–Crippen MR) is 93.6 cm³/mol. The molecule has 0 atom stereocenters. The van der Waals surface area contributed by atoms with Crippen molar-refractivity contribution in [3.05, 3.63) is 55.9 Å². The molecule has 0 unspecified atom stereocenters. The summed E-state index contributed by atoms with van der Waals surface area (Å²) in [4.78, 5) is 43.4. The van der Waals surface area contributed by atoms with E-state index in [2.05, 4.69) is 15.3 Å². The van der Waals surface area contributed by atoms with Crippen LogP contribution in [0.3, 0.4) is 0 Å². The highest BCUT2D eigenvalue weighted by molar-refractivity contribution is 5.75. The summed E-state index contributed by atoms with van der Waals surface area (Å²) in [5.41, 5.74) is 2.25. The van der Waals surface area contributed by atoms with E-state index in [1.165, 1.54) is 9.13 Å². The molecule has 8 heteroatoms. The maximum absolute atomic E-state index is 12.0. The number of amides is 1. The lowest BCUT2D eigenvalue weighted by Gasteiger charge is -2.12. The van der Waals surface area contributed by atoms with Crippen LogP contribution in [0.1, 0.15) is 29.2 Å². The second-order valence-corrected chi connectivity index (χ2v) is 6.05. The molecule has 134 valence electrons. The van der Waals surface area contributed by atoms with Gasteiger partial charge in [0.25, 0.3) is 0 Å². The second kappa shape index (κ2) is 7.87. The standard InChI is InChI=1S/C17H23N5O3/c1-11-9-13(3)21(16(24)19-11)7-5-15(23)18-6-8-22-14(4)10-12(2)20-17(22)25/h9-10H,5-8H2,1-4H3,(H,18,23). The Kier molecular flexibility index (Phi) is 5.84. The van der Waals surface area contributed by atoms with Gasteiger partial charge in [-0.05, 0) is 39.8 Å². The van der Waals surface area contributed by atoms with Gasteiger partial charge in [0.2, 0.25) is 5.91 Å². The number of nitrogens with one attached hydrogen (secondary N) is 1. The van der Waals surface area contributed by atoms with Gasteiger partial charge in [-0.25, -0.2) is 9.59 Å². The summed E-state index contributed by atoms with van der Waals surface area (Å²) in [6, 6.07) is 3.63. The quantitative estimate of drug-likeness (QED) is 0.808. The summed E-state index contributed by atoms with van der Waals surface area (Å²) in [7, 11) is 0. The average Bonchev–Trinajstić information content (AvgIpc) is 2.48. The summed E-state index contributed by atoms with van der Waals surface area (Å²) < 4.78 is 3.00. The van der Waals surface area contributed by atoms with Gasteiger partial charge in [0, 0.05) is 48.8 Å². The van der Waals surface area contributed by atoms with Crippen molar-refractivity contribution >= 4 is 5.91 Å². The van der Waals surface area contributed by atoms with E-state index in [-0.39, 0.29) is 30.3 Å². The number of hydrogen-bond acceptors (Lipinski definition) is 5. The van der Waals surface area contributed by atoms with Crippen LogP contribution in [0.25, 0.3) is 0 Å². The van der Waals surface area contributed by atoms with Crippen molar-refractivity contribution in [2.24, 2.45) is 0 Å². The van der Waals surface area contributed by atoms with E-state index in [9.17, 15) is 14.4 Å². The van der Waals surface area contributed by atoms with Gasteiger partial charge >= 0.3 is 11.4 Å². The third-order valence-electron chi connectivity index (χ3n) is 3.91. The lowest BCUT2D eigenvalue weighted by molar-refractivity contribution is -0.121. The normalized spacial score (nSPS) is 10.7. The van der Waals surface area contributed by atoms with Gasteiger partial charge in [0.05, 0.1) is 0 Å². The number of rotatable bonds is 6. The molecule has 8 nitrogen and oxygen atoms in total. The molecule has 0 radical (unpaired) electrons. The minimum absolute atomic E-state index is 0.172. The first kappa shape index (κ1) is 18.6. The smallest absolute Gasteiger partial charge is 0.348 e. The number of aryl methyl sites for hydroxylation is 4. The first-order valence-electron chi connectivity index (χ1n) is 8.15. The van der Waals surface area contributed by atoms with Gasteiger partial charge in [0.15, 0.2) is 0 Å². The molecule has 0 aliphatic heterocycles. The zero-order chi connectivity index (χ0) is 18.6. The first-order chi connectivity index (χ1) is 11.8. The molecular weight excluding hydrogens is 322 g/mol. The van der Waals surface area contributed by atoms with Gasteiger partial charge in [0.1, 0.15) is 0 Å². The molecule has 0 spiro atoms. The molecule has 0 saturated carbocycles. The zero-order valence-electron chi connectivity index (χ0n) is 15.0. The Hall–Kier alpha value is -2.77. The van der Waals surface area contributed by atoms with Crippen LogP contribution in [0.15, 0.2) is 21.7 Å². The molecular formula is C17H23N5O3. The summed E-state index contributed by atoms with van der Waals surface area (Å²) in [6.45, 7) is 8.12. The molecule has 0 aliphatic carbocycles. The first-order valence-corrected chi connectivity index (χ1v) is 8.15. The highest BCUT2D eigenvalue weighted by Crippen LogP contribution is 1.99. The van der Waals surface area contributed by atoms with Crippen molar-refractivity contribution in [1.29, 1.82) is 0 Å². The molecule has 2 rings (SSSR count). The molecule has 25 heavy (non-hydrogen) atoms. The van der Waals surface area contributed by atoms with E-state index >= 15 is 0 Å². The van der Waals surface area contributed by atoms with Crippen molar-refractivity contribution in [2.75, 3.05) is 6.54 Å². The average molecular weight is 345 g/mol. The minimum Gasteiger partial charge on any atom is -0.354 e. The van der Waals surface area contributed by atoms with Crippen LogP contribution in [-0.2, 0) is 17.9 Å². The third-order valence-corrected chi connectivity index (χ3v) is 3.91. The van der Waals surface area contributed by atoms with Crippen molar-refractivity contribution in [3.8, 4) is 0 Å². The van der Waals surface area contributed by atoms with Crippen LogP contribution in [0.2, 0.25) is 0 Å². The van der Waals surface area contributed by atoms with Crippen LogP contribution in [0.4, 0.5) is 0 Å². The second-order valence-electron chi connectivity index (χ2n) is 6.05. The highest BCUT2D eigenvalue weighted by Gasteiger charge is 2.07. The fourth-order valence-electron chi connectivity index (χ4n) is 2.70. The number of nitrogens with zero attached hydrogens (tertiary/aromatic N) is 4. The number of aromatic nitrogens is 4. The minimum atomic E-state index is -0.349. The predicted octanol–water partition coefficient (Wildman–Crippen LogP) is 0.240. The fourth-order valence-corrected chi connectivity index (χ4v) is 2.70. The van der Waals surface area contributed by atoms with Crippen LogP contribution in [0.5, 0.6) is 0 Å². The maximum Gasteiger partial charge on any atom is 0.348 e. The van der Waals surface area contributed by atoms with Crippen molar-refractivity contribution in [3.63, 3.8) is 0 Å². The van der Waals surface area contributed by atoms with E-state index < -0.39 is 0 Å². The Bertz CT molecular complexity index is 898. The Morgan fingerprint density at radius 2 is 1.40 bits per heavy atom. The van der Waals surface area contributed by atoms with E-state index in [0.29, 0.717) is 24.5 Å². The number of carbonyl (C=O) groups excluding carboxylic acids is 1. The molecule has 0 fully saturated rings. The molecule has 2 aromatic heterocycles. The fraction of sp³-hybridized carbons (Fsp3) is 0.471. The number of hydrogen-bond donors (Lipinski definition) is 1. The van der Waals surface area contributed by atoms with Crippen LogP contribution < -0.4 is 16.7 Å². The third kappa shape index (κ3) is 4.85. The van der Waals surface area contributed by atoms with Crippen LogP contribution in [-0.4, -0.2) is 31.6 Å². The Balaban J connectivity index is 1.88. The molecule has 0 aromatic carbocycles. The highest BCUT2D eigenvalue weighted by atomic mass is 16.2. The molecule has 0 aliphatic rings. The van der Waals surface area contributed by atoms with Crippen molar-refractivity contribution in [1.82, 2.24) is 24.4 Å². The maximum atomic E-state index is 12.0. The molecule has 2 aromatic rings. The molecule has 1 N–H and O–H groups in total. The summed E-state index contributed by atoms with van der Waals surface area (Å²) in [5.74, 6) is -0.183. The van der Waals surface area contributed by atoms with Gasteiger partial charge in [-0.15, -0.1) is 0 Å². The molecule has 0 saturated heterocycles. The Morgan fingerprint density at radius 1 is 0.920 bits per heavy atom. The van der Waals surface area contributed by atoms with Crippen LogP contribution >= 0.6 is 0 Å². The summed E-state index contributed by atoms with van der Waals surface area (Å²) >= 11 is 0. The lowest BCUT2D eigenvalue weighted by atomic mass is 10.3. The van der Waals surface area contributed by atoms with Gasteiger partial charge < -0.3 is 5.32 Å². The lowest BCUT2D eigenvalue weighted by Crippen LogP contribution is -2.34. The number of carbonyl (C=O) groups is 1. The largest absolute Gasteiger partial charge is 0.354 e. The molecule has 2 heterocycles. The van der Waals surface area contributed by atoms with E-state index in [1.54, 1.807) is 19.9 Å². The molecule has 1 amide bonds. The van der Waals surface area contributed by atoms with Crippen molar-refractivity contribution < 1.29 is 4.79 Å². The molecule has 0 bridgehead atoms. The Morgan fingerprint density at radius 3 is 1.88 bits per heavy atom. The van der Waals surface area contributed by atoms with Gasteiger partial charge in [-0.3, -0.25) is 13.9 Å². The summed E-state index contributed by atoms with van der Waals surface area (Å²) in [6.07, 6.45) is 0.172. The van der Waals surface area contributed by atoms with Gasteiger partial charge in [-0.2, -0.15) is 9.97 Å².